The van der Waals surface area contributed by atoms with Gasteiger partial charge in [0.05, 0.1) is 0 Å². The van der Waals surface area contributed by atoms with Gasteiger partial charge < -0.3 is 10.9 Å². The Morgan fingerprint density at radius 3 is 2.20 bits per heavy atom. The van der Waals surface area contributed by atoms with Gasteiger partial charge in [0, 0.05) is 17.8 Å². The molecule has 1 atom stereocenters. The number of quaternary nitrogens is 1. The third kappa shape index (κ3) is 1.44. The molecule has 0 saturated heterocycles. The van der Waals surface area contributed by atoms with Crippen molar-refractivity contribution >= 4 is 11.4 Å². The summed E-state index contributed by atoms with van der Waals surface area (Å²) in [5, 5.41) is 17.8. The van der Waals surface area contributed by atoms with Gasteiger partial charge in [-0.05, 0) is 12.1 Å². The molecule has 1 aromatic rings. The Morgan fingerprint density at radius 1 is 1.30 bits per heavy atom. The van der Waals surface area contributed by atoms with Crippen LogP contribution in [0.3, 0.4) is 0 Å². The average molecular weight is 140 g/mol. The Hall–Kier alpha value is -1.10. The van der Waals surface area contributed by atoms with Crippen LogP contribution in [0, 0.1) is 5.21 Å². The molecule has 4 heteroatoms. The molecule has 0 fully saturated rings. The number of nitrogen functional groups attached to an aromatic ring is 1. The van der Waals surface area contributed by atoms with Crippen LogP contribution in [-0.4, -0.2) is 5.21 Å². The highest BCUT2D eigenvalue weighted by atomic mass is 16.8. The second-order valence-corrected chi connectivity index (χ2v) is 1.93. The molecule has 0 aliphatic rings. The minimum Gasteiger partial charge on any atom is -0.595 e. The fraction of sp³-hybridized carbons (Fsp3) is 0. The normalized spacial score (nSPS) is 13.0. The Kier molecular flexibility index (Phi) is 1.86. The Labute approximate surface area is 58.0 Å². The molecular formula is C6H8N2O2. The van der Waals surface area contributed by atoms with E-state index in [4.69, 9.17) is 10.9 Å². The maximum absolute atomic E-state index is 10.3. The van der Waals surface area contributed by atoms with Crippen molar-refractivity contribution in [1.29, 1.82) is 0 Å². The maximum Gasteiger partial charge on any atom is 0.163 e. The number of hydrogen-bond donors (Lipinski definition) is 3. The summed E-state index contributed by atoms with van der Waals surface area (Å²) in [7, 11) is 0. The number of rotatable bonds is 1. The number of benzene rings is 1. The molecule has 10 heavy (non-hydrogen) atoms. The van der Waals surface area contributed by atoms with Gasteiger partial charge >= 0.3 is 0 Å². The quantitative estimate of drug-likeness (QED) is 0.369. The van der Waals surface area contributed by atoms with Gasteiger partial charge in [0.1, 0.15) is 0 Å². The molecule has 0 amide bonds. The minimum absolute atomic E-state index is 0.259. The zero-order valence-electron chi connectivity index (χ0n) is 5.24. The zero-order valence-corrected chi connectivity index (χ0v) is 5.24. The molecule has 0 radical (unpaired) electrons. The summed E-state index contributed by atoms with van der Waals surface area (Å²) >= 11 is 0. The minimum atomic E-state index is -0.931. The van der Waals surface area contributed by atoms with Gasteiger partial charge in [0.25, 0.3) is 0 Å². The highest BCUT2D eigenvalue weighted by Crippen LogP contribution is 2.04. The third-order valence-corrected chi connectivity index (χ3v) is 1.16. The van der Waals surface area contributed by atoms with Crippen LogP contribution in [0.2, 0.25) is 0 Å². The predicted molar refractivity (Wildman–Crippen MR) is 36.6 cm³/mol. The van der Waals surface area contributed by atoms with Crippen molar-refractivity contribution in [2.45, 2.75) is 0 Å². The van der Waals surface area contributed by atoms with Gasteiger partial charge in [-0.1, -0.05) is 0 Å². The summed E-state index contributed by atoms with van der Waals surface area (Å²) < 4.78 is 0. The molecule has 4 nitrogen and oxygen atoms in total. The fourth-order valence-corrected chi connectivity index (χ4v) is 0.626. The lowest BCUT2D eigenvalue weighted by Crippen LogP contribution is -2.99. The van der Waals surface area contributed by atoms with E-state index in [0.717, 1.165) is 0 Å². The van der Waals surface area contributed by atoms with Crippen LogP contribution in [0.5, 0.6) is 0 Å². The largest absolute Gasteiger partial charge is 0.595 e. The standard InChI is InChI=1S/C6H8N2O2/c7-5-1-3-6(4-2-5)8(9)10/h1-4,8-9H,7H2. The number of anilines is 1. The van der Waals surface area contributed by atoms with E-state index >= 15 is 0 Å². The van der Waals surface area contributed by atoms with Crippen molar-refractivity contribution in [3.63, 3.8) is 0 Å². The second-order valence-electron chi connectivity index (χ2n) is 1.93. The molecule has 1 aromatic carbocycles. The molecule has 4 N–H and O–H groups in total. The smallest absolute Gasteiger partial charge is 0.163 e. The number of hydrogen-bond acceptors (Lipinski definition) is 3. The van der Waals surface area contributed by atoms with Crippen LogP contribution in [0.25, 0.3) is 0 Å². The molecule has 1 unspecified atom stereocenters. The van der Waals surface area contributed by atoms with E-state index in [0.29, 0.717) is 5.69 Å². The van der Waals surface area contributed by atoms with Gasteiger partial charge in [0.15, 0.2) is 5.69 Å². The highest BCUT2D eigenvalue weighted by Gasteiger charge is 1.95. The van der Waals surface area contributed by atoms with Crippen LogP contribution >= 0.6 is 0 Å². The predicted octanol–water partition coefficient (Wildman–Crippen LogP) is -0.328. The molecule has 0 saturated carbocycles. The summed E-state index contributed by atoms with van der Waals surface area (Å²) in [4.78, 5) is 0. The first kappa shape index (κ1) is 7.01. The Balaban J connectivity index is 2.89. The fourth-order valence-electron chi connectivity index (χ4n) is 0.626. The molecule has 0 aliphatic carbocycles. The van der Waals surface area contributed by atoms with E-state index in [-0.39, 0.29) is 5.69 Å². The van der Waals surface area contributed by atoms with E-state index < -0.39 is 5.23 Å². The topological polar surface area (TPSA) is 73.8 Å². The molecule has 0 bridgehead atoms. The highest BCUT2D eigenvalue weighted by molar-refractivity contribution is 5.44. The first-order valence-electron chi connectivity index (χ1n) is 2.79. The van der Waals surface area contributed by atoms with Crippen molar-refractivity contribution in [2.24, 2.45) is 0 Å². The van der Waals surface area contributed by atoms with E-state index in [2.05, 4.69) is 0 Å². The average Bonchev–Trinajstić information content (AvgIpc) is 1.88. The lowest BCUT2D eigenvalue weighted by atomic mass is 10.3. The van der Waals surface area contributed by atoms with E-state index in [9.17, 15) is 5.21 Å². The van der Waals surface area contributed by atoms with Crippen molar-refractivity contribution in [1.82, 2.24) is 0 Å². The van der Waals surface area contributed by atoms with E-state index in [1.807, 2.05) is 0 Å². The van der Waals surface area contributed by atoms with Gasteiger partial charge in [-0.3, -0.25) is 0 Å². The summed E-state index contributed by atoms with van der Waals surface area (Å²) in [5.74, 6) is 0. The monoisotopic (exact) mass is 140 g/mol. The van der Waals surface area contributed by atoms with Crippen LogP contribution in [-0.2, 0) is 0 Å². The molecule has 0 spiro atoms. The van der Waals surface area contributed by atoms with Crippen molar-refractivity contribution in [2.75, 3.05) is 5.73 Å². The molecule has 0 aliphatic heterocycles. The lowest BCUT2D eigenvalue weighted by Gasteiger charge is -2.10. The van der Waals surface area contributed by atoms with Gasteiger partial charge in [-0.25, -0.2) is 5.21 Å². The second kappa shape index (κ2) is 2.66. The van der Waals surface area contributed by atoms with Crippen molar-refractivity contribution in [3.8, 4) is 0 Å². The summed E-state index contributed by atoms with van der Waals surface area (Å²) in [5.41, 5.74) is 6.17. The first-order chi connectivity index (χ1) is 4.70. The SMILES string of the molecule is Nc1ccc([NH+]([O-])O)cc1. The summed E-state index contributed by atoms with van der Waals surface area (Å²) in [6.45, 7) is 0. The van der Waals surface area contributed by atoms with E-state index in [1.54, 1.807) is 12.1 Å². The zero-order chi connectivity index (χ0) is 7.56. The lowest BCUT2D eigenvalue weighted by molar-refractivity contribution is -0.991. The van der Waals surface area contributed by atoms with Gasteiger partial charge in [-0.2, -0.15) is 5.23 Å². The maximum atomic E-state index is 10.3. The molecule has 0 aromatic heterocycles. The summed E-state index contributed by atoms with van der Waals surface area (Å²) in [6.07, 6.45) is 0. The Bertz CT molecular complexity index is 207. The number of nitrogens with one attached hydrogen (secondary N) is 1. The van der Waals surface area contributed by atoms with Crippen molar-refractivity contribution < 1.29 is 10.4 Å². The first-order valence-corrected chi connectivity index (χ1v) is 2.79. The van der Waals surface area contributed by atoms with Crippen LogP contribution in [0.1, 0.15) is 0 Å². The number of nitrogens with two attached hydrogens (primary N) is 1. The molecular weight excluding hydrogens is 132 g/mol. The van der Waals surface area contributed by atoms with Crippen LogP contribution < -0.4 is 11.0 Å². The molecule has 0 heterocycles. The van der Waals surface area contributed by atoms with Crippen LogP contribution in [0.15, 0.2) is 24.3 Å². The third-order valence-electron chi connectivity index (χ3n) is 1.16. The summed E-state index contributed by atoms with van der Waals surface area (Å²) in [6, 6.07) is 6.06. The van der Waals surface area contributed by atoms with E-state index in [1.165, 1.54) is 12.1 Å². The van der Waals surface area contributed by atoms with Gasteiger partial charge in [0.2, 0.25) is 0 Å². The molecule has 54 valence electrons. The Morgan fingerprint density at radius 2 is 1.80 bits per heavy atom. The molecule has 1 rings (SSSR count). The van der Waals surface area contributed by atoms with Gasteiger partial charge in [-0.15, -0.1) is 0 Å². The van der Waals surface area contributed by atoms with Crippen molar-refractivity contribution in [3.05, 3.63) is 29.5 Å². The van der Waals surface area contributed by atoms with Crippen LogP contribution in [0.4, 0.5) is 11.4 Å².